The number of rotatable bonds is 1. The molecule has 0 radical (unpaired) electrons. The molecule has 0 atom stereocenters. The van der Waals surface area contributed by atoms with E-state index < -0.39 is 0 Å². The van der Waals surface area contributed by atoms with Gasteiger partial charge in [0.05, 0.1) is 0 Å². The zero-order chi connectivity index (χ0) is 8.81. The number of nitriles is 1. The van der Waals surface area contributed by atoms with Crippen LogP contribution in [0, 0.1) is 23.2 Å². The lowest BCUT2D eigenvalue weighted by molar-refractivity contribution is 0.475. The second kappa shape index (κ2) is 4.05. The molecule has 0 aliphatic heterocycles. The van der Waals surface area contributed by atoms with Gasteiger partial charge in [-0.05, 0) is 17.7 Å². The average molecular weight is 158 g/mol. The van der Waals surface area contributed by atoms with E-state index in [1.165, 1.54) is 0 Å². The van der Waals surface area contributed by atoms with Crippen LogP contribution in [0.25, 0.3) is 0 Å². The summed E-state index contributed by atoms with van der Waals surface area (Å²) in [6.07, 6.45) is 0.577. The molecule has 2 nitrogen and oxygen atoms in total. The molecule has 1 aromatic carbocycles. The van der Waals surface area contributed by atoms with Crippen LogP contribution in [0.1, 0.15) is 5.56 Å². The lowest BCUT2D eigenvalue weighted by atomic mass is 10.1. The molecule has 0 heterocycles. The largest absolute Gasteiger partial charge is 0.593 e. The molecule has 0 unspecified atom stereocenters. The Bertz CT molecular complexity index is 348. The molecule has 0 spiro atoms. The van der Waals surface area contributed by atoms with Gasteiger partial charge in [-0.15, -0.1) is 0 Å². The van der Waals surface area contributed by atoms with Crippen molar-refractivity contribution in [3.63, 3.8) is 0 Å². The Morgan fingerprint density at radius 3 is 2.50 bits per heavy atom. The van der Waals surface area contributed by atoms with Gasteiger partial charge in [0.25, 0.3) is 5.75 Å². The second-order valence-electron chi connectivity index (χ2n) is 2.29. The van der Waals surface area contributed by atoms with Crippen molar-refractivity contribution < 1.29 is 5.11 Å². The van der Waals surface area contributed by atoms with E-state index in [-0.39, 0.29) is 0 Å². The molecule has 58 valence electrons. The highest BCUT2D eigenvalue weighted by Gasteiger charge is 1.91. The smallest absolute Gasteiger partial charge is 0.253 e. The standard InChI is InChI=1S/C10H7NO/c11-8-2-1-3-9-4-6-10(12)7-5-9/h4-7,12H,3H2/p+1. The van der Waals surface area contributed by atoms with E-state index in [0.29, 0.717) is 12.2 Å². The highest BCUT2D eigenvalue weighted by Crippen LogP contribution is 2.09. The van der Waals surface area contributed by atoms with Gasteiger partial charge in [0.2, 0.25) is 0 Å². The maximum Gasteiger partial charge on any atom is 0.253 e. The van der Waals surface area contributed by atoms with Crippen molar-refractivity contribution in [3.8, 4) is 23.7 Å². The van der Waals surface area contributed by atoms with E-state index in [4.69, 9.17) is 10.4 Å². The Labute approximate surface area is 71.1 Å². The third-order valence-electron chi connectivity index (χ3n) is 1.39. The van der Waals surface area contributed by atoms with Crippen molar-refractivity contribution in [2.75, 3.05) is 0 Å². The third kappa shape index (κ3) is 2.36. The molecule has 0 saturated heterocycles. The van der Waals surface area contributed by atoms with E-state index in [9.17, 15) is 0 Å². The van der Waals surface area contributed by atoms with Gasteiger partial charge in [-0.2, -0.15) is 5.26 Å². The SMILES string of the molecule is N#CC#CCc1ccc([OH2+])cc1. The topological polar surface area (TPSA) is 46.7 Å². The van der Waals surface area contributed by atoms with Crippen LogP contribution in [0.3, 0.4) is 0 Å². The van der Waals surface area contributed by atoms with Gasteiger partial charge >= 0.3 is 0 Å². The van der Waals surface area contributed by atoms with Crippen molar-refractivity contribution in [1.82, 2.24) is 0 Å². The Hall–Kier alpha value is -1.93. The Kier molecular flexibility index (Phi) is 2.76. The van der Waals surface area contributed by atoms with Crippen molar-refractivity contribution in [2.24, 2.45) is 0 Å². The van der Waals surface area contributed by atoms with Gasteiger partial charge in [-0.1, -0.05) is 5.92 Å². The summed E-state index contributed by atoms with van der Waals surface area (Å²) < 4.78 is 0. The molecule has 0 aromatic heterocycles. The van der Waals surface area contributed by atoms with Crippen molar-refractivity contribution >= 4 is 0 Å². The Morgan fingerprint density at radius 1 is 1.25 bits per heavy atom. The van der Waals surface area contributed by atoms with Crippen molar-refractivity contribution in [1.29, 1.82) is 5.26 Å². The minimum Gasteiger partial charge on any atom is -0.593 e. The predicted molar refractivity (Wildman–Crippen MR) is 46.6 cm³/mol. The van der Waals surface area contributed by atoms with Crippen LogP contribution >= 0.6 is 0 Å². The molecule has 2 heteroatoms. The second-order valence-corrected chi connectivity index (χ2v) is 2.29. The summed E-state index contributed by atoms with van der Waals surface area (Å²) in [7, 11) is 0. The number of hydrogen-bond donors (Lipinski definition) is 0. The fraction of sp³-hybridized carbons (Fsp3) is 0.100. The van der Waals surface area contributed by atoms with Gasteiger partial charge in [-0.25, -0.2) is 0 Å². The summed E-state index contributed by atoms with van der Waals surface area (Å²) in [4.78, 5) is 0. The summed E-state index contributed by atoms with van der Waals surface area (Å²) in [6.45, 7) is 0. The van der Waals surface area contributed by atoms with Crippen LogP contribution in [0.4, 0.5) is 0 Å². The van der Waals surface area contributed by atoms with Gasteiger partial charge in [-0.3, -0.25) is 0 Å². The fourth-order valence-electron chi connectivity index (χ4n) is 0.808. The zero-order valence-corrected chi connectivity index (χ0v) is 6.46. The summed E-state index contributed by atoms with van der Waals surface area (Å²) in [6, 6.07) is 8.86. The predicted octanol–water partition coefficient (Wildman–Crippen LogP) is 1.19. The third-order valence-corrected chi connectivity index (χ3v) is 1.39. The lowest BCUT2D eigenvalue weighted by Crippen LogP contribution is -1.78. The van der Waals surface area contributed by atoms with Crippen LogP contribution in [-0.2, 0) is 6.42 Å². The molecule has 2 N–H and O–H groups in total. The van der Waals surface area contributed by atoms with Crippen LogP contribution in [0.5, 0.6) is 5.75 Å². The molecule has 0 saturated carbocycles. The maximum absolute atomic E-state index is 8.13. The monoisotopic (exact) mass is 158 g/mol. The molecule has 1 aromatic rings. The van der Waals surface area contributed by atoms with E-state index in [1.807, 2.05) is 12.1 Å². The Morgan fingerprint density at radius 2 is 1.92 bits per heavy atom. The van der Waals surface area contributed by atoms with E-state index >= 15 is 0 Å². The first kappa shape index (κ1) is 8.17. The summed E-state index contributed by atoms with van der Waals surface area (Å²) in [5.74, 6) is 5.51. The highest BCUT2D eigenvalue weighted by molar-refractivity contribution is 5.29. The summed E-state index contributed by atoms with van der Waals surface area (Å²) >= 11 is 0. The fourth-order valence-corrected chi connectivity index (χ4v) is 0.808. The number of hydrogen-bond acceptors (Lipinski definition) is 1. The van der Waals surface area contributed by atoms with Crippen LogP contribution < -0.4 is 0 Å². The molecule has 1 rings (SSSR count). The minimum absolute atomic E-state index is 0.493. The molecule has 0 amide bonds. The minimum atomic E-state index is 0.493. The molecular formula is C10H8NO+. The van der Waals surface area contributed by atoms with E-state index in [2.05, 4.69) is 11.8 Å². The Balaban J connectivity index is 2.66. The van der Waals surface area contributed by atoms with Crippen molar-refractivity contribution in [2.45, 2.75) is 6.42 Å². The van der Waals surface area contributed by atoms with Gasteiger partial charge in [0, 0.05) is 24.5 Å². The molecular weight excluding hydrogens is 150 g/mol. The van der Waals surface area contributed by atoms with Crippen LogP contribution in [-0.4, -0.2) is 5.11 Å². The first-order valence-electron chi connectivity index (χ1n) is 3.50. The first-order chi connectivity index (χ1) is 5.83. The van der Waals surface area contributed by atoms with Gasteiger partial charge in [0.15, 0.2) is 6.07 Å². The average Bonchev–Trinajstić information content (AvgIpc) is 2.09. The van der Waals surface area contributed by atoms with E-state index in [1.54, 1.807) is 18.2 Å². The number of benzene rings is 1. The molecule has 0 bridgehead atoms. The lowest BCUT2D eigenvalue weighted by Gasteiger charge is -1.91. The zero-order valence-electron chi connectivity index (χ0n) is 6.46. The van der Waals surface area contributed by atoms with Gasteiger partial charge in [0.1, 0.15) is 0 Å². The summed E-state index contributed by atoms with van der Waals surface area (Å²) in [5, 5.41) is 15.4. The van der Waals surface area contributed by atoms with E-state index in [0.717, 1.165) is 5.56 Å². The van der Waals surface area contributed by atoms with Crippen LogP contribution in [0.2, 0.25) is 0 Å². The molecule has 12 heavy (non-hydrogen) atoms. The van der Waals surface area contributed by atoms with Gasteiger partial charge < -0.3 is 5.11 Å². The first-order valence-corrected chi connectivity index (χ1v) is 3.50. The normalized spacial score (nSPS) is 7.92. The quantitative estimate of drug-likeness (QED) is 0.447. The van der Waals surface area contributed by atoms with Crippen molar-refractivity contribution in [3.05, 3.63) is 29.8 Å². The van der Waals surface area contributed by atoms with Crippen LogP contribution in [0.15, 0.2) is 24.3 Å². The maximum atomic E-state index is 8.13. The molecule has 0 aliphatic rings. The molecule has 0 aliphatic carbocycles. The highest BCUT2D eigenvalue weighted by atomic mass is 16.3. The molecule has 0 fully saturated rings. The summed E-state index contributed by atoms with van der Waals surface area (Å²) in [5.41, 5.74) is 1.04. The number of nitrogens with zero attached hydrogens (tertiary/aromatic N) is 1.